The molecular formula is C28H32N2O5. The molecule has 2 amide bonds. The van der Waals surface area contributed by atoms with Crippen LogP contribution in [0, 0.1) is 11.3 Å². The van der Waals surface area contributed by atoms with Crippen molar-refractivity contribution in [2.24, 2.45) is 11.3 Å². The lowest BCUT2D eigenvalue weighted by Crippen LogP contribution is -2.56. The van der Waals surface area contributed by atoms with Crippen molar-refractivity contribution in [3.63, 3.8) is 0 Å². The van der Waals surface area contributed by atoms with Crippen LogP contribution < -0.4 is 5.32 Å². The van der Waals surface area contributed by atoms with Gasteiger partial charge in [-0.1, -0.05) is 62.4 Å². The van der Waals surface area contributed by atoms with Gasteiger partial charge in [0.15, 0.2) is 0 Å². The van der Waals surface area contributed by atoms with Gasteiger partial charge in [0.2, 0.25) is 5.91 Å². The molecule has 7 nitrogen and oxygen atoms in total. The van der Waals surface area contributed by atoms with Gasteiger partial charge in [-0.15, -0.1) is 0 Å². The predicted octanol–water partition coefficient (Wildman–Crippen LogP) is 4.41. The van der Waals surface area contributed by atoms with Gasteiger partial charge in [-0.2, -0.15) is 0 Å². The summed E-state index contributed by atoms with van der Waals surface area (Å²) in [6, 6.07) is 16.4. The average Bonchev–Trinajstić information content (AvgIpc) is 3.43. The SMILES string of the molecule is CC(CCC(=O)N1CC2(C)CC1(C(=O)O)C2)CNC(=O)OCC1c2ccccc2-c2ccccc21. The Hall–Kier alpha value is -3.35. The van der Waals surface area contributed by atoms with Crippen molar-refractivity contribution in [3.05, 3.63) is 59.7 Å². The Morgan fingerprint density at radius 3 is 2.29 bits per heavy atom. The third kappa shape index (κ3) is 4.07. The van der Waals surface area contributed by atoms with E-state index in [0.717, 1.165) is 0 Å². The van der Waals surface area contributed by atoms with Gasteiger partial charge in [-0.05, 0) is 52.8 Å². The summed E-state index contributed by atoms with van der Waals surface area (Å²) in [7, 11) is 0. The van der Waals surface area contributed by atoms with Gasteiger partial charge >= 0.3 is 12.1 Å². The third-order valence-corrected chi connectivity index (χ3v) is 7.98. The molecule has 0 spiro atoms. The zero-order valence-electron chi connectivity index (χ0n) is 20.3. The molecule has 184 valence electrons. The topological polar surface area (TPSA) is 95.9 Å². The molecule has 2 N–H and O–H groups in total. The van der Waals surface area contributed by atoms with Gasteiger partial charge in [0, 0.05) is 25.4 Å². The van der Waals surface area contributed by atoms with Gasteiger partial charge in [-0.25, -0.2) is 9.59 Å². The Balaban J connectivity index is 1.08. The van der Waals surface area contributed by atoms with Crippen molar-refractivity contribution in [1.82, 2.24) is 10.2 Å². The predicted molar refractivity (Wildman–Crippen MR) is 131 cm³/mol. The number of amides is 2. The quantitative estimate of drug-likeness (QED) is 0.589. The molecule has 3 fully saturated rings. The zero-order valence-corrected chi connectivity index (χ0v) is 20.3. The fraction of sp³-hybridized carbons (Fsp3) is 0.464. The number of hydrogen-bond acceptors (Lipinski definition) is 4. The second kappa shape index (κ2) is 8.70. The van der Waals surface area contributed by atoms with Gasteiger partial charge in [0.25, 0.3) is 0 Å². The molecule has 1 unspecified atom stereocenters. The number of alkyl carbamates (subject to hydrolysis) is 1. The number of carboxylic acids is 1. The highest BCUT2D eigenvalue weighted by Gasteiger charge is 2.68. The summed E-state index contributed by atoms with van der Waals surface area (Å²) in [5.74, 6) is -0.931. The highest BCUT2D eigenvalue weighted by Crippen LogP contribution is 2.59. The first kappa shape index (κ1) is 23.4. The number of aliphatic carboxylic acids is 1. The number of rotatable bonds is 8. The lowest BCUT2D eigenvalue weighted by Gasteiger charge is -2.42. The van der Waals surface area contributed by atoms with Crippen molar-refractivity contribution in [2.75, 3.05) is 19.7 Å². The average molecular weight is 477 g/mol. The zero-order chi connectivity index (χ0) is 24.8. The fourth-order valence-corrected chi connectivity index (χ4v) is 6.30. The Kier molecular flexibility index (Phi) is 5.82. The lowest BCUT2D eigenvalue weighted by molar-refractivity contribution is -0.160. The summed E-state index contributed by atoms with van der Waals surface area (Å²) in [6.07, 6.45) is 1.47. The van der Waals surface area contributed by atoms with E-state index in [1.807, 2.05) is 38.1 Å². The van der Waals surface area contributed by atoms with Crippen LogP contribution in [0.3, 0.4) is 0 Å². The van der Waals surface area contributed by atoms with Crippen molar-refractivity contribution >= 4 is 18.0 Å². The molecule has 2 aliphatic carbocycles. The van der Waals surface area contributed by atoms with Crippen LogP contribution in [0.15, 0.2) is 48.5 Å². The van der Waals surface area contributed by atoms with Crippen LogP contribution in [0.1, 0.15) is 56.6 Å². The molecule has 2 saturated heterocycles. The monoisotopic (exact) mass is 476 g/mol. The number of benzene rings is 2. The number of carbonyl (C=O) groups excluding carboxylic acids is 2. The molecule has 1 saturated carbocycles. The Bertz CT molecular complexity index is 1120. The molecule has 6 rings (SSSR count). The van der Waals surface area contributed by atoms with Crippen molar-refractivity contribution < 1.29 is 24.2 Å². The van der Waals surface area contributed by atoms with Gasteiger partial charge in [0.1, 0.15) is 12.1 Å². The minimum Gasteiger partial charge on any atom is -0.479 e. The number of carboxylic acid groups (broad SMARTS) is 1. The first-order valence-electron chi connectivity index (χ1n) is 12.4. The van der Waals surface area contributed by atoms with Crippen LogP contribution in [-0.4, -0.2) is 53.2 Å². The minimum absolute atomic E-state index is 0.0123. The van der Waals surface area contributed by atoms with Crippen molar-refractivity contribution in [3.8, 4) is 11.1 Å². The molecule has 0 aromatic heterocycles. The lowest BCUT2D eigenvalue weighted by atomic mass is 9.63. The maximum Gasteiger partial charge on any atom is 0.407 e. The molecule has 2 aromatic rings. The van der Waals surface area contributed by atoms with Gasteiger partial charge in [0.05, 0.1) is 0 Å². The van der Waals surface area contributed by atoms with Crippen LogP contribution in [0.25, 0.3) is 11.1 Å². The number of fused-ring (bicyclic) bond motifs is 4. The number of nitrogens with one attached hydrogen (secondary N) is 1. The van der Waals surface area contributed by atoms with E-state index in [2.05, 4.69) is 29.6 Å². The Morgan fingerprint density at radius 1 is 1.09 bits per heavy atom. The summed E-state index contributed by atoms with van der Waals surface area (Å²) in [4.78, 5) is 38.5. The van der Waals surface area contributed by atoms with E-state index < -0.39 is 17.6 Å². The van der Waals surface area contributed by atoms with Crippen LogP contribution in [0.5, 0.6) is 0 Å². The summed E-state index contributed by atoms with van der Waals surface area (Å²) >= 11 is 0. The third-order valence-electron chi connectivity index (χ3n) is 7.98. The van der Waals surface area contributed by atoms with Gasteiger partial charge in [-0.3, -0.25) is 4.79 Å². The van der Waals surface area contributed by atoms with Crippen molar-refractivity contribution in [1.29, 1.82) is 0 Å². The van der Waals surface area contributed by atoms with Crippen LogP contribution >= 0.6 is 0 Å². The standard InChI is InChI=1S/C28H32N2O5/c1-18(11-12-24(31)30-17-27(2)15-28(30,16-27)25(32)33)13-29-26(34)35-14-23-21-9-5-3-7-19(21)20-8-4-6-10-22(20)23/h3-10,18,23H,11-17H2,1-2H3,(H,29,34)(H,32,33). The largest absolute Gasteiger partial charge is 0.479 e. The number of ether oxygens (including phenoxy) is 1. The minimum atomic E-state index is -1.01. The van der Waals surface area contributed by atoms with E-state index in [0.29, 0.717) is 32.4 Å². The molecule has 2 heterocycles. The summed E-state index contributed by atoms with van der Waals surface area (Å²) < 4.78 is 5.58. The summed E-state index contributed by atoms with van der Waals surface area (Å²) in [6.45, 7) is 5.19. The number of nitrogens with zero attached hydrogens (tertiary/aromatic N) is 1. The summed E-state index contributed by atoms with van der Waals surface area (Å²) in [5.41, 5.74) is 3.64. The van der Waals surface area contributed by atoms with Gasteiger partial charge < -0.3 is 20.1 Å². The van der Waals surface area contributed by atoms with Crippen LogP contribution in [-0.2, 0) is 14.3 Å². The van der Waals surface area contributed by atoms with Crippen molar-refractivity contribution in [2.45, 2.75) is 51.0 Å². The normalized spacial score (nSPS) is 24.8. The highest BCUT2D eigenvalue weighted by atomic mass is 16.5. The molecule has 7 heteroatoms. The summed E-state index contributed by atoms with van der Waals surface area (Å²) in [5, 5.41) is 12.5. The second-order valence-electron chi connectivity index (χ2n) is 10.8. The molecule has 2 aromatic carbocycles. The van der Waals surface area contributed by atoms with E-state index in [-0.39, 0.29) is 36.2 Å². The first-order chi connectivity index (χ1) is 16.7. The van der Waals surface area contributed by atoms with E-state index in [4.69, 9.17) is 4.74 Å². The molecule has 0 radical (unpaired) electrons. The second-order valence-corrected chi connectivity index (χ2v) is 10.8. The van der Waals surface area contributed by atoms with E-state index in [1.54, 1.807) is 4.90 Å². The molecule has 4 aliphatic rings. The highest BCUT2D eigenvalue weighted by molar-refractivity contribution is 5.90. The smallest absolute Gasteiger partial charge is 0.407 e. The Morgan fingerprint density at radius 2 is 1.69 bits per heavy atom. The maximum atomic E-state index is 12.8. The first-order valence-corrected chi connectivity index (χ1v) is 12.4. The van der Waals surface area contributed by atoms with E-state index in [9.17, 15) is 19.5 Å². The van der Waals surface area contributed by atoms with Crippen LogP contribution in [0.2, 0.25) is 0 Å². The molecule has 1 atom stereocenters. The number of carbonyl (C=O) groups is 3. The molecule has 2 bridgehead atoms. The molecular weight excluding hydrogens is 444 g/mol. The Labute approximate surface area is 205 Å². The van der Waals surface area contributed by atoms with Crippen LogP contribution in [0.4, 0.5) is 4.79 Å². The number of hydrogen-bond donors (Lipinski definition) is 2. The molecule has 2 aliphatic heterocycles. The maximum absolute atomic E-state index is 12.8. The fourth-order valence-electron chi connectivity index (χ4n) is 6.30. The van der Waals surface area contributed by atoms with E-state index in [1.165, 1.54) is 22.3 Å². The molecule has 35 heavy (non-hydrogen) atoms. The van der Waals surface area contributed by atoms with E-state index >= 15 is 0 Å².